The molecule has 2 N–H and O–H groups in total. The number of para-hydroxylation sites is 2. The van der Waals surface area contributed by atoms with Gasteiger partial charge in [-0.25, -0.2) is 13.1 Å². The molecule has 0 bridgehead atoms. The fourth-order valence-corrected chi connectivity index (χ4v) is 7.19. The number of nitrogens with zero attached hydrogens (tertiary/aromatic N) is 2. The van der Waals surface area contributed by atoms with E-state index in [4.69, 9.17) is 14.2 Å². The fourth-order valence-electron chi connectivity index (χ4n) is 5.52. The van der Waals surface area contributed by atoms with E-state index in [1.807, 2.05) is 0 Å². The summed E-state index contributed by atoms with van der Waals surface area (Å²) in [7, 11) is -3.14. The van der Waals surface area contributed by atoms with Gasteiger partial charge in [-0.1, -0.05) is 18.2 Å². The predicted octanol–water partition coefficient (Wildman–Crippen LogP) is 3.69. The van der Waals surface area contributed by atoms with Crippen molar-refractivity contribution in [1.29, 1.82) is 0 Å². The Kier molecular flexibility index (Phi) is 8.32. The number of fused-ring (bicyclic) bond motifs is 2. The lowest BCUT2D eigenvalue weighted by molar-refractivity contribution is -0.145. The number of benzene rings is 3. The van der Waals surface area contributed by atoms with Crippen LogP contribution >= 0.6 is 0 Å². The van der Waals surface area contributed by atoms with Gasteiger partial charge in [0.2, 0.25) is 0 Å². The number of rotatable bonds is 9. The van der Waals surface area contributed by atoms with Crippen molar-refractivity contribution >= 4 is 32.6 Å². The van der Waals surface area contributed by atoms with Crippen molar-refractivity contribution in [2.75, 3.05) is 18.1 Å². The molecular formula is C32H32F2N4O7S. The van der Waals surface area contributed by atoms with E-state index in [2.05, 4.69) is 15.7 Å². The summed E-state index contributed by atoms with van der Waals surface area (Å²) < 4.78 is 71.0. The first-order chi connectivity index (χ1) is 21.9. The Bertz CT molecular complexity index is 1890. The number of amides is 2. The molecule has 242 valence electrons. The van der Waals surface area contributed by atoms with Gasteiger partial charge in [0, 0.05) is 23.9 Å². The van der Waals surface area contributed by atoms with E-state index >= 15 is 0 Å². The summed E-state index contributed by atoms with van der Waals surface area (Å²) >= 11 is 0. The molecule has 2 aliphatic heterocycles. The zero-order chi connectivity index (χ0) is 32.6. The van der Waals surface area contributed by atoms with Crippen LogP contribution in [-0.2, 0) is 14.6 Å². The number of halogens is 2. The van der Waals surface area contributed by atoms with Crippen molar-refractivity contribution in [2.45, 2.75) is 50.5 Å². The summed E-state index contributed by atoms with van der Waals surface area (Å²) in [5.74, 6) is -4.03. The Morgan fingerprint density at radius 2 is 1.87 bits per heavy atom. The summed E-state index contributed by atoms with van der Waals surface area (Å²) in [6.07, 6.45) is 0.336. The van der Waals surface area contributed by atoms with Gasteiger partial charge in [0.1, 0.15) is 12.4 Å². The highest BCUT2D eigenvalue weighted by atomic mass is 32.2. The number of carbonyl (C=O) groups excluding carboxylic acids is 2. The molecule has 4 atom stereocenters. The van der Waals surface area contributed by atoms with E-state index < -0.39 is 46.0 Å². The minimum Gasteiger partial charge on any atom is -0.486 e. The number of alkyl halides is 2. The van der Waals surface area contributed by atoms with Crippen molar-refractivity contribution in [3.63, 3.8) is 0 Å². The topological polar surface area (TPSA) is 138 Å². The number of hydrogen-bond donors (Lipinski definition) is 2. The molecule has 14 heteroatoms. The van der Waals surface area contributed by atoms with Crippen LogP contribution in [0.2, 0.25) is 0 Å². The van der Waals surface area contributed by atoms with Crippen LogP contribution in [0.3, 0.4) is 0 Å². The average Bonchev–Trinajstić information content (AvgIpc) is 3.60. The van der Waals surface area contributed by atoms with Crippen molar-refractivity contribution in [1.82, 2.24) is 20.4 Å². The maximum Gasteiger partial charge on any atom is 0.321 e. The van der Waals surface area contributed by atoms with Crippen LogP contribution in [0.1, 0.15) is 30.6 Å². The normalized spacial score (nSPS) is 20.1. The molecule has 6 rings (SSSR count). The third-order valence-electron chi connectivity index (χ3n) is 7.88. The van der Waals surface area contributed by atoms with Crippen molar-refractivity contribution < 1.29 is 41.0 Å². The van der Waals surface area contributed by atoms with E-state index in [-0.39, 0.29) is 24.0 Å². The smallest absolute Gasteiger partial charge is 0.321 e. The number of hydrogen-bond acceptors (Lipinski definition) is 8. The van der Waals surface area contributed by atoms with E-state index in [1.165, 1.54) is 0 Å². The Balaban J connectivity index is 1.23. The quantitative estimate of drug-likeness (QED) is 0.279. The number of nitrogens with one attached hydrogen (secondary N) is 2. The van der Waals surface area contributed by atoms with Gasteiger partial charge in [0.25, 0.3) is 11.8 Å². The van der Waals surface area contributed by atoms with Gasteiger partial charge < -0.3 is 24.8 Å². The van der Waals surface area contributed by atoms with Gasteiger partial charge in [0.05, 0.1) is 34.9 Å². The minimum absolute atomic E-state index is 0.0569. The molecule has 2 amide bonds. The first-order valence-corrected chi connectivity index (χ1v) is 16.5. The van der Waals surface area contributed by atoms with E-state index in [1.54, 1.807) is 84.5 Å². The van der Waals surface area contributed by atoms with Gasteiger partial charge in [0.15, 0.2) is 33.5 Å². The number of sulfone groups is 1. The second kappa shape index (κ2) is 12.2. The molecule has 1 saturated heterocycles. The first kappa shape index (κ1) is 31.3. The summed E-state index contributed by atoms with van der Waals surface area (Å²) in [6, 6.07) is 17.7. The molecule has 0 spiro atoms. The van der Waals surface area contributed by atoms with Crippen molar-refractivity contribution in [2.24, 2.45) is 0 Å². The Hall–Kier alpha value is -4.72. The predicted molar refractivity (Wildman–Crippen MR) is 165 cm³/mol. The van der Waals surface area contributed by atoms with E-state index in [9.17, 15) is 26.8 Å². The Labute approximate surface area is 263 Å². The standard InChI is InChI=1S/C32H32F2N4O7S/c1-19(36-31(40)32(2,33)34)29(28-17-43-26-8-3-4-9-27(26)45-28)44-24-10-11-25-21(15-24)16-35-38(25)23-7-5-6-20(14-23)30(39)37-22-12-13-46(41,42)18-22/h3-11,14-16,19,22,28-29H,12-13,17-18H2,1-2H3,(H,36,40)(H,37,39)/t19-,22?,28?,29+/m0/s1. The summed E-state index contributed by atoms with van der Waals surface area (Å²) in [6.45, 7) is 2.14. The van der Waals surface area contributed by atoms with Gasteiger partial charge in [-0.2, -0.15) is 13.9 Å². The highest BCUT2D eigenvalue weighted by molar-refractivity contribution is 7.91. The largest absolute Gasteiger partial charge is 0.486 e. The fraction of sp³-hybridized carbons (Fsp3) is 0.344. The zero-order valence-electron chi connectivity index (χ0n) is 25.0. The zero-order valence-corrected chi connectivity index (χ0v) is 25.8. The molecule has 46 heavy (non-hydrogen) atoms. The summed E-state index contributed by atoms with van der Waals surface area (Å²) in [5, 5.41) is 10.3. The van der Waals surface area contributed by atoms with Crippen LogP contribution in [0.15, 0.2) is 72.9 Å². The molecule has 0 aliphatic carbocycles. The number of carbonyl (C=O) groups is 2. The van der Waals surface area contributed by atoms with Crippen molar-refractivity contribution in [3.8, 4) is 22.9 Å². The highest BCUT2D eigenvalue weighted by Crippen LogP contribution is 2.33. The minimum atomic E-state index is -3.59. The summed E-state index contributed by atoms with van der Waals surface area (Å²) in [5.41, 5.74) is 1.66. The number of ether oxygens (including phenoxy) is 3. The van der Waals surface area contributed by atoms with Gasteiger partial charge in [-0.15, -0.1) is 0 Å². The van der Waals surface area contributed by atoms with Gasteiger partial charge in [-0.05, 0) is 61.9 Å². The third-order valence-corrected chi connectivity index (χ3v) is 9.65. The second-order valence-corrected chi connectivity index (χ2v) is 13.8. The Morgan fingerprint density at radius 1 is 1.09 bits per heavy atom. The lowest BCUT2D eigenvalue weighted by Crippen LogP contribution is -2.56. The molecule has 2 aliphatic rings. The van der Waals surface area contributed by atoms with E-state index in [0.29, 0.717) is 52.7 Å². The SMILES string of the molecule is C[C@H](NC(=O)C(C)(F)F)[C@@H](Oc1ccc2c(cnn2-c2cccc(C(=O)NC3CCS(=O)(=O)C3)c2)c1)C1COc2ccccc2O1. The molecule has 4 aromatic rings. The van der Waals surface area contributed by atoms with E-state index in [0.717, 1.165) is 0 Å². The second-order valence-electron chi connectivity index (χ2n) is 11.5. The molecule has 1 aromatic heterocycles. The van der Waals surface area contributed by atoms with Gasteiger partial charge in [-0.3, -0.25) is 9.59 Å². The van der Waals surface area contributed by atoms with Crippen LogP contribution in [-0.4, -0.2) is 78.3 Å². The monoisotopic (exact) mass is 654 g/mol. The van der Waals surface area contributed by atoms with Crippen LogP contribution < -0.4 is 24.8 Å². The van der Waals surface area contributed by atoms with Crippen LogP contribution in [0.5, 0.6) is 17.2 Å². The average molecular weight is 655 g/mol. The summed E-state index contributed by atoms with van der Waals surface area (Å²) in [4.78, 5) is 25.0. The lowest BCUT2D eigenvalue weighted by Gasteiger charge is -2.35. The molecule has 3 aromatic carbocycles. The molecule has 0 saturated carbocycles. The molecule has 3 heterocycles. The lowest BCUT2D eigenvalue weighted by atomic mass is 10.1. The van der Waals surface area contributed by atoms with Crippen LogP contribution in [0, 0.1) is 0 Å². The number of aromatic nitrogens is 2. The highest BCUT2D eigenvalue weighted by Gasteiger charge is 2.39. The Morgan fingerprint density at radius 3 is 2.61 bits per heavy atom. The van der Waals surface area contributed by atoms with Crippen LogP contribution in [0.4, 0.5) is 8.78 Å². The third kappa shape index (κ3) is 6.76. The molecule has 1 fully saturated rings. The molecule has 11 nitrogen and oxygen atoms in total. The van der Waals surface area contributed by atoms with Crippen molar-refractivity contribution in [3.05, 3.63) is 78.5 Å². The van der Waals surface area contributed by atoms with Crippen LogP contribution in [0.25, 0.3) is 16.6 Å². The maximum absolute atomic E-state index is 13.7. The molecule has 0 radical (unpaired) electrons. The maximum atomic E-state index is 13.7. The molecular weight excluding hydrogens is 622 g/mol. The first-order valence-electron chi connectivity index (χ1n) is 14.7. The molecule has 2 unspecified atom stereocenters. The van der Waals surface area contributed by atoms with Gasteiger partial charge >= 0.3 is 5.92 Å².